The zero-order valence-corrected chi connectivity index (χ0v) is 11.5. The Kier molecular flexibility index (Phi) is 5.00. The lowest BCUT2D eigenvalue weighted by Crippen LogP contribution is -2.03. The van der Waals surface area contributed by atoms with Crippen molar-refractivity contribution in [3.05, 3.63) is 23.4 Å². The molecule has 0 amide bonds. The van der Waals surface area contributed by atoms with Gasteiger partial charge in [0, 0.05) is 11.4 Å². The van der Waals surface area contributed by atoms with E-state index in [1.165, 1.54) is 0 Å². The molecule has 3 nitrogen and oxygen atoms in total. The number of hydrogen-bond donors (Lipinski definition) is 1. The minimum atomic E-state index is -0.888. The Morgan fingerprint density at radius 3 is 2.47 bits per heavy atom. The van der Waals surface area contributed by atoms with E-state index < -0.39 is 5.97 Å². The zero-order valence-electron chi connectivity index (χ0n) is 10.7. The quantitative estimate of drug-likeness (QED) is 0.814. The maximum Gasteiger partial charge on any atom is 0.335 e. The lowest BCUT2D eigenvalue weighted by molar-refractivity contribution is 0.0696. The summed E-state index contributed by atoms with van der Waals surface area (Å²) >= 11 is 1.62. The highest BCUT2D eigenvalue weighted by Gasteiger charge is 2.11. The van der Waals surface area contributed by atoms with Crippen molar-refractivity contribution in [2.24, 2.45) is 5.92 Å². The summed E-state index contributed by atoms with van der Waals surface area (Å²) in [6, 6.07) is 3.31. The van der Waals surface area contributed by atoms with Crippen molar-refractivity contribution in [1.82, 2.24) is 4.98 Å². The van der Waals surface area contributed by atoms with Crippen molar-refractivity contribution < 1.29 is 9.90 Å². The second-order valence-corrected chi connectivity index (χ2v) is 5.82. The Bertz CT molecular complexity index is 402. The van der Waals surface area contributed by atoms with E-state index in [0.29, 0.717) is 11.5 Å². The van der Waals surface area contributed by atoms with Crippen LogP contribution >= 0.6 is 11.8 Å². The predicted molar refractivity (Wildman–Crippen MR) is 70.8 cm³/mol. The number of carboxylic acid groups (broad SMARTS) is 1. The van der Waals surface area contributed by atoms with Gasteiger partial charge in [-0.3, -0.25) is 0 Å². The number of carboxylic acids is 1. The summed E-state index contributed by atoms with van der Waals surface area (Å²) in [5.41, 5.74) is 1.17. The van der Waals surface area contributed by atoms with Crippen LogP contribution in [0.15, 0.2) is 17.2 Å². The Morgan fingerprint density at radius 2 is 2.00 bits per heavy atom. The number of thioether (sulfide) groups is 1. The summed E-state index contributed by atoms with van der Waals surface area (Å²) in [4.78, 5) is 15.5. The van der Waals surface area contributed by atoms with Crippen LogP contribution in [0.25, 0.3) is 0 Å². The van der Waals surface area contributed by atoms with Crippen molar-refractivity contribution in [1.29, 1.82) is 0 Å². The minimum Gasteiger partial charge on any atom is -0.478 e. The van der Waals surface area contributed by atoms with Gasteiger partial charge in [-0.25, -0.2) is 9.78 Å². The van der Waals surface area contributed by atoms with Gasteiger partial charge in [0.15, 0.2) is 0 Å². The highest BCUT2D eigenvalue weighted by molar-refractivity contribution is 7.99. The average molecular weight is 253 g/mol. The number of aromatic nitrogens is 1. The first-order valence-electron chi connectivity index (χ1n) is 5.78. The molecule has 0 fully saturated rings. The van der Waals surface area contributed by atoms with Gasteiger partial charge in [-0.05, 0) is 24.0 Å². The standard InChI is InChI=1S/C13H19NO2S/c1-8(2)7-17-12-6-10(13(15)16)5-11(14-12)9(3)4/h5-6,8-9H,7H2,1-4H3,(H,15,16). The highest BCUT2D eigenvalue weighted by Crippen LogP contribution is 2.23. The molecule has 94 valence electrons. The molecule has 17 heavy (non-hydrogen) atoms. The van der Waals surface area contributed by atoms with E-state index >= 15 is 0 Å². The Labute approximate surface area is 107 Å². The number of aromatic carboxylic acids is 1. The number of carbonyl (C=O) groups is 1. The summed E-state index contributed by atoms with van der Waals surface area (Å²) in [7, 11) is 0. The van der Waals surface area contributed by atoms with Crippen LogP contribution in [0.2, 0.25) is 0 Å². The van der Waals surface area contributed by atoms with Crippen LogP contribution in [0.5, 0.6) is 0 Å². The fourth-order valence-electron chi connectivity index (χ4n) is 1.27. The molecule has 0 bridgehead atoms. The molecule has 0 spiro atoms. The molecule has 0 atom stereocenters. The molecule has 0 aliphatic heterocycles. The maximum absolute atomic E-state index is 11.0. The molecule has 0 aliphatic rings. The van der Waals surface area contributed by atoms with Crippen LogP contribution in [0.1, 0.15) is 49.7 Å². The van der Waals surface area contributed by atoms with Gasteiger partial charge >= 0.3 is 5.97 Å². The molecular formula is C13H19NO2S. The third-order valence-electron chi connectivity index (χ3n) is 2.22. The van der Waals surface area contributed by atoms with Gasteiger partial charge in [-0.2, -0.15) is 0 Å². The number of rotatable bonds is 5. The molecule has 1 rings (SSSR count). The third kappa shape index (κ3) is 4.38. The molecule has 0 aliphatic carbocycles. The molecule has 1 aromatic heterocycles. The number of nitrogens with zero attached hydrogens (tertiary/aromatic N) is 1. The number of hydrogen-bond acceptors (Lipinski definition) is 3. The summed E-state index contributed by atoms with van der Waals surface area (Å²) in [5, 5.41) is 9.86. The van der Waals surface area contributed by atoms with Crippen molar-refractivity contribution >= 4 is 17.7 Å². The van der Waals surface area contributed by atoms with Gasteiger partial charge in [-0.15, -0.1) is 11.8 Å². The summed E-state index contributed by atoms with van der Waals surface area (Å²) in [6.07, 6.45) is 0. The minimum absolute atomic E-state index is 0.243. The van der Waals surface area contributed by atoms with Gasteiger partial charge in [0.1, 0.15) is 0 Å². The van der Waals surface area contributed by atoms with Crippen LogP contribution in [0.4, 0.5) is 0 Å². The monoisotopic (exact) mass is 253 g/mol. The predicted octanol–water partition coefficient (Wildman–Crippen LogP) is 3.65. The largest absolute Gasteiger partial charge is 0.478 e. The molecule has 0 saturated heterocycles. The molecular weight excluding hydrogens is 234 g/mol. The van der Waals surface area contributed by atoms with Crippen molar-refractivity contribution in [3.8, 4) is 0 Å². The molecule has 0 radical (unpaired) electrons. The fourth-order valence-corrected chi connectivity index (χ4v) is 2.16. The van der Waals surface area contributed by atoms with E-state index in [1.807, 2.05) is 13.8 Å². The molecule has 1 heterocycles. The van der Waals surface area contributed by atoms with E-state index in [9.17, 15) is 4.79 Å². The first-order chi connectivity index (χ1) is 7.90. The van der Waals surface area contributed by atoms with Gasteiger partial charge in [-0.1, -0.05) is 27.7 Å². The van der Waals surface area contributed by atoms with Crippen molar-refractivity contribution in [3.63, 3.8) is 0 Å². The van der Waals surface area contributed by atoms with Gasteiger partial charge < -0.3 is 5.11 Å². The van der Waals surface area contributed by atoms with Crippen molar-refractivity contribution in [2.75, 3.05) is 5.75 Å². The highest BCUT2D eigenvalue weighted by atomic mass is 32.2. The van der Waals surface area contributed by atoms with Crippen LogP contribution in [-0.4, -0.2) is 21.8 Å². The second-order valence-electron chi connectivity index (χ2n) is 4.78. The Morgan fingerprint density at radius 1 is 1.35 bits per heavy atom. The fraction of sp³-hybridized carbons (Fsp3) is 0.538. The normalized spacial score (nSPS) is 11.2. The molecule has 0 aromatic carbocycles. The first kappa shape index (κ1) is 14.0. The van der Waals surface area contributed by atoms with Gasteiger partial charge in [0.2, 0.25) is 0 Å². The zero-order chi connectivity index (χ0) is 13.0. The SMILES string of the molecule is CC(C)CSc1cc(C(=O)O)cc(C(C)C)n1. The lowest BCUT2D eigenvalue weighted by atomic mass is 10.1. The van der Waals surface area contributed by atoms with Crippen LogP contribution in [0.3, 0.4) is 0 Å². The molecule has 0 saturated carbocycles. The second kappa shape index (κ2) is 6.05. The number of pyridine rings is 1. The van der Waals surface area contributed by atoms with E-state index in [4.69, 9.17) is 5.11 Å². The van der Waals surface area contributed by atoms with Gasteiger partial charge in [0.25, 0.3) is 0 Å². The Balaban J connectivity index is 2.99. The van der Waals surface area contributed by atoms with Crippen LogP contribution in [-0.2, 0) is 0 Å². The van der Waals surface area contributed by atoms with E-state index in [2.05, 4.69) is 18.8 Å². The molecule has 0 unspecified atom stereocenters. The van der Waals surface area contributed by atoms with Crippen LogP contribution in [0, 0.1) is 5.92 Å². The summed E-state index contributed by atoms with van der Waals surface area (Å²) < 4.78 is 0. The van der Waals surface area contributed by atoms with E-state index in [0.717, 1.165) is 16.5 Å². The Hall–Kier alpha value is -1.03. The summed E-state index contributed by atoms with van der Waals surface area (Å²) in [5.74, 6) is 0.874. The van der Waals surface area contributed by atoms with E-state index in [-0.39, 0.29) is 5.92 Å². The van der Waals surface area contributed by atoms with Crippen molar-refractivity contribution in [2.45, 2.75) is 38.6 Å². The maximum atomic E-state index is 11.0. The molecule has 1 N–H and O–H groups in total. The van der Waals surface area contributed by atoms with Gasteiger partial charge in [0.05, 0.1) is 10.6 Å². The molecule has 1 aromatic rings. The topological polar surface area (TPSA) is 50.2 Å². The smallest absolute Gasteiger partial charge is 0.335 e. The average Bonchev–Trinajstić information content (AvgIpc) is 2.25. The first-order valence-corrected chi connectivity index (χ1v) is 6.76. The molecule has 4 heteroatoms. The van der Waals surface area contributed by atoms with E-state index in [1.54, 1.807) is 23.9 Å². The van der Waals surface area contributed by atoms with Crippen LogP contribution < -0.4 is 0 Å². The third-order valence-corrected chi connectivity index (χ3v) is 3.56. The lowest BCUT2D eigenvalue weighted by Gasteiger charge is -2.10. The summed E-state index contributed by atoms with van der Waals surface area (Å²) in [6.45, 7) is 8.31.